The topological polar surface area (TPSA) is 81.9 Å². The Hall–Kier alpha value is -3.02. The monoisotopic (exact) mass is 326 g/mol. The Morgan fingerprint density at radius 1 is 1.12 bits per heavy atom. The van der Waals surface area contributed by atoms with E-state index in [-0.39, 0.29) is 12.5 Å². The molecule has 0 unspecified atom stereocenters. The second kappa shape index (κ2) is 6.62. The number of carbonyl (C=O) groups excluding carboxylic acids is 2. The van der Waals surface area contributed by atoms with Crippen LogP contribution in [0.4, 0.5) is 5.69 Å². The van der Waals surface area contributed by atoms with Gasteiger partial charge in [-0.25, -0.2) is 0 Å². The molecule has 124 valence electrons. The molecule has 2 amide bonds. The highest BCUT2D eigenvalue weighted by Crippen LogP contribution is 2.32. The lowest BCUT2D eigenvalue weighted by molar-refractivity contribution is -0.125. The Labute approximate surface area is 139 Å². The standard InChI is InChI=1S/C18H18N2O4/c1-23-15-8-4-5-9-16(15)24-11-17(21)20-13-7-3-2-6-12(13)10-14(20)18(19)22/h2-9,14H,10-11H2,1H3,(H2,19,22)/t14-/m0/s1. The van der Waals surface area contributed by atoms with Crippen LogP contribution >= 0.6 is 0 Å². The summed E-state index contributed by atoms with van der Waals surface area (Å²) in [6.45, 7) is -0.210. The average molecular weight is 326 g/mol. The number of hydrogen-bond donors (Lipinski definition) is 1. The summed E-state index contributed by atoms with van der Waals surface area (Å²) >= 11 is 0. The molecule has 0 radical (unpaired) electrons. The van der Waals surface area contributed by atoms with Crippen LogP contribution in [0.5, 0.6) is 11.5 Å². The van der Waals surface area contributed by atoms with Crippen LogP contribution in [0.3, 0.4) is 0 Å². The van der Waals surface area contributed by atoms with Crippen molar-refractivity contribution >= 4 is 17.5 Å². The maximum Gasteiger partial charge on any atom is 0.265 e. The quantitative estimate of drug-likeness (QED) is 0.903. The number of nitrogens with zero attached hydrogens (tertiary/aromatic N) is 1. The second-order valence-electron chi connectivity index (χ2n) is 5.45. The van der Waals surface area contributed by atoms with E-state index >= 15 is 0 Å². The van der Waals surface area contributed by atoms with Crippen LogP contribution < -0.4 is 20.1 Å². The number of hydrogen-bond acceptors (Lipinski definition) is 4. The first-order valence-electron chi connectivity index (χ1n) is 7.57. The lowest BCUT2D eigenvalue weighted by Gasteiger charge is -2.23. The second-order valence-corrected chi connectivity index (χ2v) is 5.45. The first-order chi connectivity index (χ1) is 11.6. The zero-order valence-corrected chi connectivity index (χ0v) is 13.3. The van der Waals surface area contributed by atoms with Gasteiger partial charge < -0.3 is 15.2 Å². The molecule has 1 aliphatic rings. The lowest BCUT2D eigenvalue weighted by Crippen LogP contribution is -2.47. The van der Waals surface area contributed by atoms with E-state index in [1.165, 1.54) is 12.0 Å². The van der Waals surface area contributed by atoms with Gasteiger partial charge in [-0.05, 0) is 23.8 Å². The molecule has 24 heavy (non-hydrogen) atoms. The number of methoxy groups -OCH3 is 1. The molecule has 6 heteroatoms. The molecule has 0 aliphatic carbocycles. The number of ether oxygens (including phenoxy) is 2. The fraction of sp³-hybridized carbons (Fsp3) is 0.222. The van der Waals surface area contributed by atoms with Crippen LogP contribution in [0.15, 0.2) is 48.5 Å². The molecule has 1 aliphatic heterocycles. The van der Waals surface area contributed by atoms with E-state index in [2.05, 4.69) is 0 Å². The molecular formula is C18H18N2O4. The number of primary amides is 1. The molecule has 0 spiro atoms. The van der Waals surface area contributed by atoms with Gasteiger partial charge in [-0.3, -0.25) is 14.5 Å². The molecule has 3 rings (SSSR count). The molecule has 1 heterocycles. The lowest BCUT2D eigenvalue weighted by atomic mass is 10.1. The summed E-state index contributed by atoms with van der Waals surface area (Å²) in [7, 11) is 1.53. The number of benzene rings is 2. The summed E-state index contributed by atoms with van der Waals surface area (Å²) < 4.78 is 10.8. The Balaban J connectivity index is 1.79. The zero-order chi connectivity index (χ0) is 17.1. The van der Waals surface area contributed by atoms with Crippen molar-refractivity contribution in [1.29, 1.82) is 0 Å². The SMILES string of the molecule is COc1ccccc1OCC(=O)N1c2ccccc2C[C@H]1C(N)=O. The van der Waals surface area contributed by atoms with Crippen molar-refractivity contribution < 1.29 is 19.1 Å². The Morgan fingerprint density at radius 2 is 1.79 bits per heavy atom. The van der Waals surface area contributed by atoms with E-state index in [0.29, 0.717) is 23.6 Å². The van der Waals surface area contributed by atoms with E-state index in [1.54, 1.807) is 24.3 Å². The summed E-state index contributed by atoms with van der Waals surface area (Å²) in [5.74, 6) is 0.154. The largest absolute Gasteiger partial charge is 0.493 e. The van der Waals surface area contributed by atoms with Crippen LogP contribution in [0.25, 0.3) is 0 Å². The van der Waals surface area contributed by atoms with Gasteiger partial charge in [0.15, 0.2) is 18.1 Å². The van der Waals surface area contributed by atoms with Crippen LogP contribution in [-0.2, 0) is 16.0 Å². The Bertz CT molecular complexity index is 775. The van der Waals surface area contributed by atoms with Gasteiger partial charge in [0.1, 0.15) is 6.04 Å². The van der Waals surface area contributed by atoms with Gasteiger partial charge in [-0.2, -0.15) is 0 Å². The van der Waals surface area contributed by atoms with Gasteiger partial charge in [0.05, 0.1) is 7.11 Å². The molecule has 0 aromatic heterocycles. The third-order valence-corrected chi connectivity index (χ3v) is 3.99. The van der Waals surface area contributed by atoms with Crippen molar-refractivity contribution in [3.05, 3.63) is 54.1 Å². The summed E-state index contributed by atoms with van der Waals surface area (Å²) in [4.78, 5) is 25.8. The number of rotatable bonds is 5. The minimum atomic E-state index is -0.684. The number of nitrogens with two attached hydrogens (primary N) is 1. The molecule has 0 saturated carbocycles. The summed E-state index contributed by atoms with van der Waals surface area (Å²) in [6.07, 6.45) is 0.423. The van der Waals surface area contributed by atoms with E-state index in [1.807, 2.05) is 24.3 Å². The highest BCUT2D eigenvalue weighted by atomic mass is 16.5. The maximum absolute atomic E-state index is 12.6. The number of para-hydroxylation sites is 3. The van der Waals surface area contributed by atoms with Crippen molar-refractivity contribution in [3.63, 3.8) is 0 Å². The molecular weight excluding hydrogens is 308 g/mol. The fourth-order valence-corrected chi connectivity index (χ4v) is 2.87. The van der Waals surface area contributed by atoms with Crippen molar-refractivity contribution in [1.82, 2.24) is 0 Å². The normalized spacial score (nSPS) is 15.7. The average Bonchev–Trinajstić information content (AvgIpc) is 3.00. The van der Waals surface area contributed by atoms with Crippen LogP contribution in [0.1, 0.15) is 5.56 Å². The van der Waals surface area contributed by atoms with Crippen LogP contribution in [-0.4, -0.2) is 31.6 Å². The maximum atomic E-state index is 12.6. The molecule has 0 bridgehead atoms. The molecule has 2 aromatic rings. The van der Waals surface area contributed by atoms with E-state index < -0.39 is 11.9 Å². The molecule has 0 fully saturated rings. The Kier molecular flexibility index (Phi) is 4.37. The third-order valence-electron chi connectivity index (χ3n) is 3.99. The van der Waals surface area contributed by atoms with Crippen LogP contribution in [0, 0.1) is 0 Å². The van der Waals surface area contributed by atoms with Gasteiger partial charge >= 0.3 is 0 Å². The van der Waals surface area contributed by atoms with Crippen molar-refractivity contribution in [2.24, 2.45) is 5.73 Å². The molecule has 6 nitrogen and oxygen atoms in total. The third kappa shape index (κ3) is 2.90. The van der Waals surface area contributed by atoms with Gasteiger partial charge in [-0.1, -0.05) is 30.3 Å². The van der Waals surface area contributed by atoms with Gasteiger partial charge in [0.2, 0.25) is 5.91 Å². The number of fused-ring (bicyclic) bond motifs is 1. The number of carbonyl (C=O) groups is 2. The summed E-state index contributed by atoms with van der Waals surface area (Å²) in [6, 6.07) is 13.8. The highest BCUT2D eigenvalue weighted by Gasteiger charge is 2.37. The Morgan fingerprint density at radius 3 is 2.50 bits per heavy atom. The van der Waals surface area contributed by atoms with E-state index in [9.17, 15) is 9.59 Å². The van der Waals surface area contributed by atoms with Crippen LogP contribution in [0.2, 0.25) is 0 Å². The molecule has 0 saturated heterocycles. The smallest absolute Gasteiger partial charge is 0.265 e. The molecule has 1 atom stereocenters. The van der Waals surface area contributed by atoms with Gasteiger partial charge in [-0.15, -0.1) is 0 Å². The van der Waals surface area contributed by atoms with Crippen molar-refractivity contribution in [2.75, 3.05) is 18.6 Å². The highest BCUT2D eigenvalue weighted by molar-refractivity contribution is 6.03. The zero-order valence-electron chi connectivity index (χ0n) is 13.3. The number of amides is 2. The van der Waals surface area contributed by atoms with E-state index in [0.717, 1.165) is 5.56 Å². The first kappa shape index (κ1) is 15.9. The van der Waals surface area contributed by atoms with Gasteiger partial charge in [0, 0.05) is 12.1 Å². The van der Waals surface area contributed by atoms with E-state index in [4.69, 9.17) is 15.2 Å². The first-order valence-corrected chi connectivity index (χ1v) is 7.57. The molecule has 2 aromatic carbocycles. The predicted molar refractivity (Wildman–Crippen MR) is 89.1 cm³/mol. The van der Waals surface area contributed by atoms with Crippen molar-refractivity contribution in [2.45, 2.75) is 12.5 Å². The number of anilines is 1. The molecule has 2 N–H and O–H groups in total. The minimum Gasteiger partial charge on any atom is -0.493 e. The van der Waals surface area contributed by atoms with Gasteiger partial charge in [0.25, 0.3) is 5.91 Å². The minimum absolute atomic E-state index is 0.210. The fourth-order valence-electron chi connectivity index (χ4n) is 2.87. The summed E-state index contributed by atoms with van der Waals surface area (Å²) in [5, 5.41) is 0. The predicted octanol–water partition coefficient (Wildman–Crippen LogP) is 1.52. The van der Waals surface area contributed by atoms with Crippen molar-refractivity contribution in [3.8, 4) is 11.5 Å². The summed E-state index contributed by atoms with van der Waals surface area (Å²) in [5.41, 5.74) is 7.09.